The fourth-order valence-corrected chi connectivity index (χ4v) is 1.02. The van der Waals surface area contributed by atoms with Crippen LogP contribution in [0.5, 0.6) is 0 Å². The van der Waals surface area contributed by atoms with Crippen LogP contribution < -0.4 is 10.6 Å². The molecule has 1 aliphatic rings. The van der Waals surface area contributed by atoms with E-state index < -0.39 is 0 Å². The molecule has 12 heavy (non-hydrogen) atoms. The first-order valence-corrected chi connectivity index (χ1v) is 4.33. The maximum absolute atomic E-state index is 11.2. The molecule has 0 aromatic rings. The van der Waals surface area contributed by atoms with Gasteiger partial charge in [-0.1, -0.05) is 0 Å². The first-order valence-electron chi connectivity index (χ1n) is 4.33. The van der Waals surface area contributed by atoms with Crippen LogP contribution in [0.3, 0.4) is 0 Å². The van der Waals surface area contributed by atoms with E-state index in [0.29, 0.717) is 12.5 Å². The molecule has 1 fully saturated rings. The van der Waals surface area contributed by atoms with Crippen LogP contribution in [0.1, 0.15) is 6.42 Å². The molecule has 0 saturated carbocycles. The summed E-state index contributed by atoms with van der Waals surface area (Å²) in [6, 6.07) is 0.375. The van der Waals surface area contributed by atoms with Gasteiger partial charge in [0.1, 0.15) is 0 Å². The molecule has 4 nitrogen and oxygen atoms in total. The predicted molar refractivity (Wildman–Crippen MR) is 48.0 cm³/mol. The maximum Gasteiger partial charge on any atom is 0.221 e. The number of hydrogen-bond donors (Lipinski definition) is 2. The normalized spacial score (nSPS) is 17.6. The molecule has 0 bridgehead atoms. The summed E-state index contributed by atoms with van der Waals surface area (Å²) >= 11 is 0. The van der Waals surface area contributed by atoms with E-state index in [1.54, 1.807) is 0 Å². The molecule has 1 amide bonds. The van der Waals surface area contributed by atoms with Gasteiger partial charge in [-0.2, -0.15) is 0 Å². The van der Waals surface area contributed by atoms with Crippen molar-refractivity contribution in [3.63, 3.8) is 0 Å². The second-order valence-electron chi connectivity index (χ2n) is 3.48. The number of amides is 1. The van der Waals surface area contributed by atoms with E-state index in [0.717, 1.165) is 19.6 Å². The molecule has 0 atom stereocenters. The van der Waals surface area contributed by atoms with Crippen LogP contribution in [0.2, 0.25) is 0 Å². The van der Waals surface area contributed by atoms with Crippen molar-refractivity contribution in [3.05, 3.63) is 0 Å². The van der Waals surface area contributed by atoms with Crippen molar-refractivity contribution < 1.29 is 4.79 Å². The minimum absolute atomic E-state index is 0.162. The van der Waals surface area contributed by atoms with Gasteiger partial charge >= 0.3 is 0 Å². The van der Waals surface area contributed by atoms with E-state index in [1.165, 1.54) is 0 Å². The lowest BCUT2D eigenvalue weighted by Crippen LogP contribution is -2.57. The van der Waals surface area contributed by atoms with Crippen LogP contribution in [0, 0.1) is 0 Å². The number of rotatable bonds is 4. The Labute approximate surface area is 73.3 Å². The zero-order chi connectivity index (χ0) is 8.97. The van der Waals surface area contributed by atoms with Gasteiger partial charge in [0.25, 0.3) is 0 Å². The van der Waals surface area contributed by atoms with Crippen LogP contribution >= 0.6 is 0 Å². The Kier molecular flexibility index (Phi) is 3.49. The number of nitrogens with zero attached hydrogens (tertiary/aromatic N) is 1. The summed E-state index contributed by atoms with van der Waals surface area (Å²) in [5.74, 6) is 0.162. The minimum atomic E-state index is 0.162. The Morgan fingerprint density at radius 1 is 1.58 bits per heavy atom. The third-order valence-corrected chi connectivity index (χ3v) is 1.93. The highest BCUT2D eigenvalue weighted by Gasteiger charge is 2.18. The lowest BCUT2D eigenvalue weighted by atomic mass is 10.2. The summed E-state index contributed by atoms with van der Waals surface area (Å²) in [5.41, 5.74) is 0. The average Bonchev–Trinajstić information content (AvgIpc) is 1.93. The Hall–Kier alpha value is -0.610. The highest BCUT2D eigenvalue weighted by atomic mass is 16.1. The molecular formula is C8H17N3O. The maximum atomic E-state index is 11.2. The summed E-state index contributed by atoms with van der Waals surface area (Å²) in [7, 11) is 3.94. The van der Waals surface area contributed by atoms with Gasteiger partial charge in [0.15, 0.2) is 0 Å². The Balaban J connectivity index is 2.03. The van der Waals surface area contributed by atoms with E-state index in [4.69, 9.17) is 0 Å². The Morgan fingerprint density at radius 2 is 2.25 bits per heavy atom. The number of carbonyl (C=O) groups excluding carboxylic acids is 1. The SMILES string of the molecule is CN(C)CCC(=O)NC1CNC1. The van der Waals surface area contributed by atoms with Crippen molar-refractivity contribution in [2.45, 2.75) is 12.5 Å². The van der Waals surface area contributed by atoms with Crippen LogP contribution in [-0.2, 0) is 4.79 Å². The Bertz CT molecular complexity index is 154. The third-order valence-electron chi connectivity index (χ3n) is 1.93. The van der Waals surface area contributed by atoms with Gasteiger partial charge in [0.2, 0.25) is 5.91 Å². The fraction of sp³-hybridized carbons (Fsp3) is 0.875. The van der Waals surface area contributed by atoms with Crippen molar-refractivity contribution in [1.29, 1.82) is 0 Å². The molecule has 4 heteroatoms. The molecule has 1 aliphatic heterocycles. The van der Waals surface area contributed by atoms with Gasteiger partial charge in [0, 0.05) is 26.1 Å². The molecule has 0 spiro atoms. The quantitative estimate of drug-likeness (QED) is 0.572. The second-order valence-corrected chi connectivity index (χ2v) is 3.48. The topological polar surface area (TPSA) is 44.4 Å². The highest BCUT2D eigenvalue weighted by molar-refractivity contribution is 5.76. The number of nitrogens with one attached hydrogen (secondary N) is 2. The summed E-state index contributed by atoms with van der Waals surface area (Å²) in [6.45, 7) is 2.67. The van der Waals surface area contributed by atoms with E-state index in [2.05, 4.69) is 10.6 Å². The zero-order valence-electron chi connectivity index (χ0n) is 7.76. The zero-order valence-corrected chi connectivity index (χ0v) is 7.76. The molecule has 0 aliphatic carbocycles. The van der Waals surface area contributed by atoms with Crippen molar-refractivity contribution in [1.82, 2.24) is 15.5 Å². The molecule has 0 radical (unpaired) electrons. The summed E-state index contributed by atoms with van der Waals surface area (Å²) in [4.78, 5) is 13.2. The van der Waals surface area contributed by atoms with Gasteiger partial charge in [-0.25, -0.2) is 0 Å². The number of hydrogen-bond acceptors (Lipinski definition) is 3. The van der Waals surface area contributed by atoms with E-state index in [1.807, 2.05) is 19.0 Å². The van der Waals surface area contributed by atoms with E-state index in [9.17, 15) is 4.79 Å². The van der Waals surface area contributed by atoms with Crippen LogP contribution in [0.4, 0.5) is 0 Å². The molecular weight excluding hydrogens is 154 g/mol. The van der Waals surface area contributed by atoms with Crippen molar-refractivity contribution in [3.8, 4) is 0 Å². The second kappa shape index (κ2) is 4.42. The highest BCUT2D eigenvalue weighted by Crippen LogP contribution is 1.92. The lowest BCUT2D eigenvalue weighted by Gasteiger charge is -2.28. The third kappa shape index (κ3) is 3.19. The number of carbonyl (C=O) groups is 1. The van der Waals surface area contributed by atoms with Gasteiger partial charge in [-0.15, -0.1) is 0 Å². The van der Waals surface area contributed by atoms with E-state index in [-0.39, 0.29) is 5.91 Å². The van der Waals surface area contributed by atoms with Gasteiger partial charge in [-0.3, -0.25) is 4.79 Å². The molecule has 70 valence electrons. The van der Waals surface area contributed by atoms with Crippen LogP contribution in [0.25, 0.3) is 0 Å². The molecule has 1 rings (SSSR count). The smallest absolute Gasteiger partial charge is 0.221 e. The molecule has 1 saturated heterocycles. The van der Waals surface area contributed by atoms with Gasteiger partial charge in [-0.05, 0) is 14.1 Å². The van der Waals surface area contributed by atoms with Gasteiger partial charge in [0.05, 0.1) is 6.04 Å². The fourth-order valence-electron chi connectivity index (χ4n) is 1.02. The van der Waals surface area contributed by atoms with Crippen LogP contribution in [0.15, 0.2) is 0 Å². The molecule has 2 N–H and O–H groups in total. The van der Waals surface area contributed by atoms with Crippen LogP contribution in [-0.4, -0.2) is 50.6 Å². The first-order chi connectivity index (χ1) is 5.68. The summed E-state index contributed by atoms with van der Waals surface area (Å²) in [6.07, 6.45) is 0.601. The standard InChI is InChI=1S/C8H17N3O/c1-11(2)4-3-8(12)10-7-5-9-6-7/h7,9H,3-6H2,1-2H3,(H,10,12). The average molecular weight is 171 g/mol. The minimum Gasteiger partial charge on any atom is -0.351 e. The molecule has 0 aromatic heterocycles. The van der Waals surface area contributed by atoms with Crippen molar-refractivity contribution in [2.75, 3.05) is 33.7 Å². The molecule has 0 unspecified atom stereocenters. The monoisotopic (exact) mass is 171 g/mol. The Morgan fingerprint density at radius 3 is 2.67 bits per heavy atom. The van der Waals surface area contributed by atoms with E-state index >= 15 is 0 Å². The van der Waals surface area contributed by atoms with Crippen molar-refractivity contribution >= 4 is 5.91 Å². The molecule has 0 aromatic carbocycles. The first kappa shape index (κ1) is 9.48. The lowest BCUT2D eigenvalue weighted by molar-refractivity contribution is -0.122. The van der Waals surface area contributed by atoms with Crippen molar-refractivity contribution in [2.24, 2.45) is 0 Å². The molecule has 1 heterocycles. The largest absolute Gasteiger partial charge is 0.351 e. The van der Waals surface area contributed by atoms with Gasteiger partial charge < -0.3 is 15.5 Å². The summed E-state index contributed by atoms with van der Waals surface area (Å²) in [5, 5.41) is 6.05. The summed E-state index contributed by atoms with van der Waals surface area (Å²) < 4.78 is 0. The predicted octanol–water partition coefficient (Wildman–Crippen LogP) is -0.974.